The van der Waals surface area contributed by atoms with Crippen molar-refractivity contribution in [3.05, 3.63) is 59.9 Å². The summed E-state index contributed by atoms with van der Waals surface area (Å²) < 4.78 is 13.4. The fourth-order valence-electron chi connectivity index (χ4n) is 1.54. The molecule has 3 nitrogen and oxygen atoms in total. The molecule has 2 rings (SSSR count). The molecule has 0 spiro atoms. The summed E-state index contributed by atoms with van der Waals surface area (Å²) in [6.07, 6.45) is 4.93. The highest BCUT2D eigenvalue weighted by Crippen LogP contribution is 2.16. The van der Waals surface area contributed by atoms with Crippen molar-refractivity contribution in [2.24, 2.45) is 5.73 Å². The van der Waals surface area contributed by atoms with Crippen LogP contribution in [0, 0.1) is 5.82 Å². The second kappa shape index (κ2) is 4.81. The number of nitrogens with two attached hydrogens (primary N) is 1. The first-order chi connectivity index (χ1) is 7.77. The fourth-order valence-corrected chi connectivity index (χ4v) is 1.54. The Balaban J connectivity index is 2.15. The molecule has 0 fully saturated rings. The Labute approximate surface area is 93.2 Å². The first-order valence-corrected chi connectivity index (χ1v) is 5.02. The number of hydrogen-bond acceptors (Lipinski definition) is 3. The molecule has 82 valence electrons. The third-order valence-electron chi connectivity index (χ3n) is 2.36. The topological polar surface area (TPSA) is 51.8 Å². The summed E-state index contributed by atoms with van der Waals surface area (Å²) in [4.78, 5) is 7.84. The molecule has 0 amide bonds. The number of rotatable bonds is 3. The molecule has 1 atom stereocenters. The summed E-state index contributed by atoms with van der Waals surface area (Å²) in [7, 11) is 0. The van der Waals surface area contributed by atoms with E-state index in [-0.39, 0.29) is 5.82 Å². The minimum absolute atomic E-state index is 0.370. The van der Waals surface area contributed by atoms with Gasteiger partial charge in [-0.2, -0.15) is 0 Å². The van der Waals surface area contributed by atoms with E-state index in [1.807, 2.05) is 18.2 Å². The van der Waals surface area contributed by atoms with Crippen LogP contribution in [0.5, 0.6) is 0 Å². The van der Waals surface area contributed by atoms with Gasteiger partial charge in [-0.3, -0.25) is 9.97 Å². The highest BCUT2D eigenvalue weighted by molar-refractivity contribution is 5.19. The van der Waals surface area contributed by atoms with Crippen molar-refractivity contribution in [2.75, 3.05) is 0 Å². The maximum absolute atomic E-state index is 13.4. The van der Waals surface area contributed by atoms with E-state index >= 15 is 0 Å². The Kier molecular flexibility index (Phi) is 3.22. The zero-order valence-corrected chi connectivity index (χ0v) is 8.68. The van der Waals surface area contributed by atoms with Gasteiger partial charge < -0.3 is 5.73 Å². The predicted molar refractivity (Wildman–Crippen MR) is 59.1 cm³/mol. The predicted octanol–water partition coefficient (Wildman–Crippen LogP) is 1.86. The van der Waals surface area contributed by atoms with E-state index < -0.39 is 6.04 Å². The van der Waals surface area contributed by atoms with Gasteiger partial charge in [-0.15, -0.1) is 0 Å². The lowest BCUT2D eigenvalue weighted by molar-refractivity contribution is 0.572. The molecule has 0 aliphatic heterocycles. The summed E-state index contributed by atoms with van der Waals surface area (Å²) in [6, 6.07) is 6.81. The van der Waals surface area contributed by atoms with Gasteiger partial charge in [0.05, 0.1) is 6.20 Å². The molecule has 0 saturated carbocycles. The second-order valence-electron chi connectivity index (χ2n) is 3.53. The second-order valence-corrected chi connectivity index (χ2v) is 3.53. The quantitative estimate of drug-likeness (QED) is 0.853. The monoisotopic (exact) mass is 217 g/mol. The molecule has 0 aliphatic carbocycles. The number of hydrogen-bond donors (Lipinski definition) is 1. The lowest BCUT2D eigenvalue weighted by atomic mass is 10.0. The standard InChI is InChI=1S/C12H12FN3/c13-11-8-15-6-4-10(11)12(14)7-9-3-1-2-5-16-9/h1-6,8,12H,7,14H2. The molecular formula is C12H12FN3. The molecule has 0 radical (unpaired) electrons. The van der Waals surface area contributed by atoms with Crippen LogP contribution in [0.15, 0.2) is 42.9 Å². The largest absolute Gasteiger partial charge is 0.324 e. The smallest absolute Gasteiger partial charge is 0.146 e. The van der Waals surface area contributed by atoms with E-state index in [4.69, 9.17) is 5.73 Å². The SMILES string of the molecule is NC(Cc1ccccn1)c1ccncc1F. The van der Waals surface area contributed by atoms with Crippen molar-refractivity contribution in [1.29, 1.82) is 0 Å². The van der Waals surface area contributed by atoms with E-state index in [1.165, 1.54) is 12.4 Å². The lowest BCUT2D eigenvalue weighted by Gasteiger charge is -2.11. The first kappa shape index (κ1) is 10.7. The maximum atomic E-state index is 13.4. The fraction of sp³-hybridized carbons (Fsp3) is 0.167. The van der Waals surface area contributed by atoms with Gasteiger partial charge in [0.15, 0.2) is 0 Å². The molecular weight excluding hydrogens is 205 g/mol. The Morgan fingerprint density at radius 2 is 2.12 bits per heavy atom. The molecule has 2 aromatic rings. The molecule has 16 heavy (non-hydrogen) atoms. The van der Waals surface area contributed by atoms with Crippen LogP contribution in [-0.4, -0.2) is 9.97 Å². The van der Waals surface area contributed by atoms with Crippen LogP contribution >= 0.6 is 0 Å². The van der Waals surface area contributed by atoms with Crippen molar-refractivity contribution >= 4 is 0 Å². The van der Waals surface area contributed by atoms with Crippen molar-refractivity contribution in [3.8, 4) is 0 Å². The number of pyridine rings is 2. The molecule has 4 heteroatoms. The molecule has 2 aromatic heterocycles. The van der Waals surface area contributed by atoms with Gasteiger partial charge in [0.25, 0.3) is 0 Å². The molecule has 1 unspecified atom stereocenters. The zero-order chi connectivity index (χ0) is 11.4. The van der Waals surface area contributed by atoms with Crippen LogP contribution in [-0.2, 0) is 6.42 Å². The minimum Gasteiger partial charge on any atom is -0.324 e. The third kappa shape index (κ3) is 2.41. The lowest BCUT2D eigenvalue weighted by Crippen LogP contribution is -2.15. The van der Waals surface area contributed by atoms with Gasteiger partial charge in [-0.05, 0) is 18.2 Å². The molecule has 0 saturated heterocycles. The summed E-state index contributed by atoms with van der Waals surface area (Å²) >= 11 is 0. The van der Waals surface area contributed by atoms with Gasteiger partial charge in [0.2, 0.25) is 0 Å². The van der Waals surface area contributed by atoms with Gasteiger partial charge in [-0.25, -0.2) is 4.39 Å². The van der Waals surface area contributed by atoms with E-state index in [1.54, 1.807) is 12.3 Å². The highest BCUT2D eigenvalue weighted by atomic mass is 19.1. The van der Waals surface area contributed by atoms with Crippen molar-refractivity contribution in [3.63, 3.8) is 0 Å². The first-order valence-electron chi connectivity index (χ1n) is 5.02. The Morgan fingerprint density at radius 1 is 1.25 bits per heavy atom. The molecule has 0 bridgehead atoms. The van der Waals surface area contributed by atoms with Crippen LogP contribution in [0.3, 0.4) is 0 Å². The minimum atomic E-state index is -0.391. The van der Waals surface area contributed by atoms with Gasteiger partial charge >= 0.3 is 0 Å². The van der Waals surface area contributed by atoms with E-state index in [0.717, 1.165) is 5.69 Å². The van der Waals surface area contributed by atoms with E-state index in [2.05, 4.69) is 9.97 Å². The number of nitrogens with zero attached hydrogens (tertiary/aromatic N) is 2. The third-order valence-corrected chi connectivity index (χ3v) is 2.36. The van der Waals surface area contributed by atoms with E-state index in [0.29, 0.717) is 12.0 Å². The summed E-state index contributed by atoms with van der Waals surface area (Å²) in [5.74, 6) is -0.370. The van der Waals surface area contributed by atoms with Crippen molar-refractivity contribution in [2.45, 2.75) is 12.5 Å². The van der Waals surface area contributed by atoms with Crippen LogP contribution in [0.4, 0.5) is 4.39 Å². The zero-order valence-electron chi connectivity index (χ0n) is 8.68. The molecule has 2 heterocycles. The van der Waals surface area contributed by atoms with E-state index in [9.17, 15) is 4.39 Å². The molecule has 0 aliphatic rings. The molecule has 2 N–H and O–H groups in total. The van der Waals surface area contributed by atoms with Crippen LogP contribution in [0.2, 0.25) is 0 Å². The summed E-state index contributed by atoms with van der Waals surface area (Å²) in [5.41, 5.74) is 7.25. The maximum Gasteiger partial charge on any atom is 0.146 e. The number of halogens is 1. The van der Waals surface area contributed by atoms with Gasteiger partial charge in [0.1, 0.15) is 5.82 Å². The highest BCUT2D eigenvalue weighted by Gasteiger charge is 2.12. The average Bonchev–Trinajstić information content (AvgIpc) is 2.31. The normalized spacial score (nSPS) is 12.4. The van der Waals surface area contributed by atoms with Gasteiger partial charge in [-0.1, -0.05) is 6.07 Å². The Bertz CT molecular complexity index is 459. The van der Waals surface area contributed by atoms with Crippen molar-refractivity contribution in [1.82, 2.24) is 9.97 Å². The Morgan fingerprint density at radius 3 is 2.81 bits per heavy atom. The van der Waals surface area contributed by atoms with Crippen LogP contribution in [0.25, 0.3) is 0 Å². The molecule has 0 aromatic carbocycles. The average molecular weight is 217 g/mol. The van der Waals surface area contributed by atoms with Crippen LogP contribution in [0.1, 0.15) is 17.3 Å². The summed E-state index contributed by atoms with van der Waals surface area (Å²) in [5, 5.41) is 0. The van der Waals surface area contributed by atoms with Crippen LogP contribution < -0.4 is 5.73 Å². The van der Waals surface area contributed by atoms with Gasteiger partial charge in [0, 0.05) is 36.1 Å². The van der Waals surface area contributed by atoms with Crippen molar-refractivity contribution < 1.29 is 4.39 Å². The Hall–Kier alpha value is -1.81. The summed E-state index contributed by atoms with van der Waals surface area (Å²) in [6.45, 7) is 0. The number of aromatic nitrogens is 2.